The number of hydrogen-bond acceptors (Lipinski definition) is 3. The summed E-state index contributed by atoms with van der Waals surface area (Å²) in [5, 5.41) is 11.9. The van der Waals surface area contributed by atoms with E-state index in [0.29, 0.717) is 12.8 Å². The van der Waals surface area contributed by atoms with Crippen LogP contribution in [0.1, 0.15) is 43.5 Å². The molecule has 0 spiro atoms. The van der Waals surface area contributed by atoms with Gasteiger partial charge in [0.05, 0.1) is 11.0 Å². The Hall–Kier alpha value is -2.44. The van der Waals surface area contributed by atoms with E-state index >= 15 is 0 Å². The van der Waals surface area contributed by atoms with Crippen LogP contribution >= 0.6 is 0 Å². The summed E-state index contributed by atoms with van der Waals surface area (Å²) in [5.41, 5.74) is -1.04. The smallest absolute Gasteiger partial charge is 0.310 e. The van der Waals surface area contributed by atoms with E-state index in [1.54, 1.807) is 13.8 Å². The van der Waals surface area contributed by atoms with Gasteiger partial charge in [0.15, 0.2) is 0 Å². The molecule has 0 aliphatic rings. The number of rotatable bonds is 7. The highest BCUT2D eigenvalue weighted by Gasteiger charge is 2.37. The number of carbonyl (C=O) groups excluding carboxylic acids is 2. The van der Waals surface area contributed by atoms with Gasteiger partial charge in [-0.15, -0.1) is 0 Å². The van der Waals surface area contributed by atoms with Gasteiger partial charge >= 0.3 is 5.97 Å². The second-order valence-corrected chi connectivity index (χ2v) is 5.91. The number of nitrogens with one attached hydrogen (secondary N) is 1. The van der Waals surface area contributed by atoms with Crippen LogP contribution in [0.25, 0.3) is 0 Å². The van der Waals surface area contributed by atoms with E-state index in [4.69, 9.17) is 0 Å². The minimum absolute atomic E-state index is 0.159. The molecule has 0 saturated heterocycles. The molecule has 0 saturated carbocycles. The maximum absolute atomic E-state index is 13.8. The molecule has 2 N–H and O–H groups in total. The molecule has 24 heavy (non-hydrogen) atoms. The van der Waals surface area contributed by atoms with Crippen LogP contribution < -0.4 is 5.32 Å². The lowest BCUT2D eigenvalue weighted by Crippen LogP contribution is -2.34. The number of benzene rings is 1. The van der Waals surface area contributed by atoms with Crippen LogP contribution in [0.2, 0.25) is 0 Å². The molecule has 0 aliphatic carbocycles. The highest BCUT2D eigenvalue weighted by atomic mass is 19.1. The number of halogens is 1. The van der Waals surface area contributed by atoms with Crippen molar-refractivity contribution in [3.63, 3.8) is 0 Å². The molecular weight excluding hydrogens is 315 g/mol. The molecule has 1 aromatic rings. The standard InChI is InChI=1S/C17H23FN2O4/c1-5-17(6-2,16(23)24)10-14(21)19-11-7-8-13(18)12(9-11)15(22)20(3)4/h7-9H,5-6,10H2,1-4H3,(H,19,21)(H,23,24). The molecule has 7 heteroatoms. The van der Waals surface area contributed by atoms with Crippen LogP contribution in [-0.2, 0) is 9.59 Å². The van der Waals surface area contributed by atoms with Crippen molar-refractivity contribution in [2.24, 2.45) is 5.41 Å². The minimum Gasteiger partial charge on any atom is -0.481 e. The summed E-state index contributed by atoms with van der Waals surface area (Å²) in [6, 6.07) is 3.67. The third kappa shape index (κ3) is 4.31. The second kappa shape index (κ2) is 7.90. The quantitative estimate of drug-likeness (QED) is 0.800. The highest BCUT2D eigenvalue weighted by Crippen LogP contribution is 2.31. The lowest BCUT2D eigenvalue weighted by molar-refractivity contribution is -0.151. The fourth-order valence-corrected chi connectivity index (χ4v) is 2.40. The number of aliphatic carboxylic acids is 1. The minimum atomic E-state index is -1.13. The lowest BCUT2D eigenvalue weighted by Gasteiger charge is -2.25. The molecule has 2 amide bonds. The van der Waals surface area contributed by atoms with E-state index in [0.717, 1.165) is 6.07 Å². The zero-order chi connectivity index (χ0) is 18.5. The van der Waals surface area contributed by atoms with E-state index in [-0.39, 0.29) is 17.7 Å². The van der Waals surface area contributed by atoms with Gasteiger partial charge in [-0.2, -0.15) is 0 Å². The van der Waals surface area contributed by atoms with Gasteiger partial charge in [0.1, 0.15) is 5.82 Å². The summed E-state index contributed by atoms with van der Waals surface area (Å²) in [4.78, 5) is 36.8. The topological polar surface area (TPSA) is 86.7 Å². The van der Waals surface area contributed by atoms with Crippen LogP contribution in [0, 0.1) is 11.2 Å². The van der Waals surface area contributed by atoms with Crippen LogP contribution in [0.3, 0.4) is 0 Å². The Balaban J connectivity index is 2.97. The summed E-state index contributed by atoms with van der Waals surface area (Å²) in [6.45, 7) is 3.44. The monoisotopic (exact) mass is 338 g/mol. The lowest BCUT2D eigenvalue weighted by atomic mass is 9.79. The van der Waals surface area contributed by atoms with Gasteiger partial charge in [-0.05, 0) is 31.0 Å². The van der Waals surface area contributed by atoms with Crippen LogP contribution in [0.5, 0.6) is 0 Å². The maximum Gasteiger partial charge on any atom is 0.310 e. The Morgan fingerprint density at radius 2 is 1.79 bits per heavy atom. The first-order valence-corrected chi connectivity index (χ1v) is 7.71. The van der Waals surface area contributed by atoms with Crippen molar-refractivity contribution >= 4 is 23.5 Å². The van der Waals surface area contributed by atoms with Gasteiger partial charge in [-0.25, -0.2) is 4.39 Å². The first-order chi connectivity index (χ1) is 11.2. The molecule has 0 aliphatic heterocycles. The molecule has 1 rings (SSSR count). The van der Waals surface area contributed by atoms with E-state index in [2.05, 4.69) is 5.32 Å². The van der Waals surface area contributed by atoms with Crippen LogP contribution in [-0.4, -0.2) is 41.9 Å². The first-order valence-electron chi connectivity index (χ1n) is 7.71. The Kier molecular flexibility index (Phi) is 6.45. The summed E-state index contributed by atoms with van der Waals surface area (Å²) in [6.07, 6.45) is 0.448. The molecule has 0 atom stereocenters. The van der Waals surface area contributed by atoms with E-state index < -0.39 is 29.0 Å². The number of anilines is 1. The molecule has 0 aromatic heterocycles. The predicted molar refractivity (Wildman–Crippen MR) is 88.3 cm³/mol. The first kappa shape index (κ1) is 19.6. The molecule has 0 heterocycles. The normalized spacial score (nSPS) is 11.0. The van der Waals surface area contributed by atoms with Gasteiger partial charge in [0.25, 0.3) is 5.91 Å². The van der Waals surface area contributed by atoms with Crippen molar-refractivity contribution in [3.8, 4) is 0 Å². The van der Waals surface area contributed by atoms with Gasteiger partial charge in [-0.1, -0.05) is 13.8 Å². The van der Waals surface area contributed by atoms with Crippen molar-refractivity contribution in [1.82, 2.24) is 4.90 Å². The van der Waals surface area contributed by atoms with Crippen LogP contribution in [0.4, 0.5) is 10.1 Å². The molecule has 0 radical (unpaired) electrons. The Morgan fingerprint density at radius 3 is 2.25 bits per heavy atom. The van der Waals surface area contributed by atoms with Crippen molar-refractivity contribution in [2.45, 2.75) is 33.1 Å². The highest BCUT2D eigenvalue weighted by molar-refractivity contribution is 5.98. The summed E-state index contributed by atoms with van der Waals surface area (Å²) in [7, 11) is 2.99. The third-order valence-electron chi connectivity index (χ3n) is 4.19. The SMILES string of the molecule is CCC(CC)(CC(=O)Nc1ccc(F)c(C(=O)N(C)C)c1)C(=O)O. The zero-order valence-corrected chi connectivity index (χ0v) is 14.4. The molecular formula is C17H23FN2O4. The number of nitrogens with zero attached hydrogens (tertiary/aromatic N) is 1. The van der Waals surface area contributed by atoms with E-state index in [9.17, 15) is 23.9 Å². The van der Waals surface area contributed by atoms with Crippen molar-refractivity contribution in [3.05, 3.63) is 29.6 Å². The number of carbonyl (C=O) groups is 3. The van der Waals surface area contributed by atoms with Gasteiger partial charge in [-0.3, -0.25) is 14.4 Å². The molecule has 0 unspecified atom stereocenters. The van der Waals surface area contributed by atoms with Crippen LogP contribution in [0.15, 0.2) is 18.2 Å². The summed E-state index contributed by atoms with van der Waals surface area (Å²) in [5.74, 6) is -2.72. The van der Waals surface area contributed by atoms with E-state index in [1.807, 2.05) is 0 Å². The average Bonchev–Trinajstić information content (AvgIpc) is 2.53. The van der Waals surface area contributed by atoms with Gasteiger partial charge in [0, 0.05) is 26.2 Å². The second-order valence-electron chi connectivity index (χ2n) is 5.91. The maximum atomic E-state index is 13.8. The zero-order valence-electron chi connectivity index (χ0n) is 14.4. The number of carboxylic acid groups (broad SMARTS) is 1. The number of carboxylic acids is 1. The fourth-order valence-electron chi connectivity index (χ4n) is 2.40. The predicted octanol–water partition coefficient (Wildman–Crippen LogP) is 2.75. The van der Waals surface area contributed by atoms with Crippen molar-refractivity contribution in [1.29, 1.82) is 0 Å². The molecule has 0 bridgehead atoms. The average molecular weight is 338 g/mol. The van der Waals surface area contributed by atoms with Crippen molar-refractivity contribution in [2.75, 3.05) is 19.4 Å². The molecule has 132 valence electrons. The molecule has 1 aromatic carbocycles. The Bertz CT molecular complexity index is 639. The molecule has 0 fully saturated rings. The largest absolute Gasteiger partial charge is 0.481 e. The number of hydrogen-bond donors (Lipinski definition) is 2. The van der Waals surface area contributed by atoms with Crippen molar-refractivity contribution < 1.29 is 23.9 Å². The van der Waals surface area contributed by atoms with Gasteiger partial charge < -0.3 is 15.3 Å². The molecule has 6 nitrogen and oxygen atoms in total. The number of amides is 2. The Morgan fingerprint density at radius 1 is 1.21 bits per heavy atom. The third-order valence-corrected chi connectivity index (χ3v) is 4.19. The Labute approximate surface area is 140 Å². The van der Waals surface area contributed by atoms with E-state index in [1.165, 1.54) is 31.1 Å². The fraction of sp³-hybridized carbons (Fsp3) is 0.471. The van der Waals surface area contributed by atoms with Gasteiger partial charge in [0.2, 0.25) is 5.91 Å². The summed E-state index contributed by atoms with van der Waals surface area (Å²) >= 11 is 0. The summed E-state index contributed by atoms with van der Waals surface area (Å²) < 4.78 is 13.8.